The Morgan fingerprint density at radius 2 is 2.04 bits per heavy atom. The van der Waals surface area contributed by atoms with Crippen LogP contribution >= 0.6 is 0 Å². The highest BCUT2D eigenvalue weighted by atomic mass is 16.5. The number of nitrogens with one attached hydrogen (secondary N) is 1. The number of benzene rings is 1. The van der Waals surface area contributed by atoms with Gasteiger partial charge >= 0.3 is 0 Å². The third kappa shape index (κ3) is 3.97. The summed E-state index contributed by atoms with van der Waals surface area (Å²) in [5.41, 5.74) is 0.748. The molecule has 1 atom stereocenters. The normalized spacial score (nSPS) is 11.6. The molecule has 0 aliphatic heterocycles. The first-order valence-electron chi connectivity index (χ1n) is 8.05. The van der Waals surface area contributed by atoms with Crippen molar-refractivity contribution in [3.63, 3.8) is 0 Å². The molecule has 0 aliphatic carbocycles. The summed E-state index contributed by atoms with van der Waals surface area (Å²) in [6.45, 7) is 2.02. The van der Waals surface area contributed by atoms with E-state index < -0.39 is 6.04 Å². The van der Waals surface area contributed by atoms with E-state index >= 15 is 0 Å². The summed E-state index contributed by atoms with van der Waals surface area (Å²) in [6.07, 6.45) is 4.53. The van der Waals surface area contributed by atoms with Crippen molar-refractivity contribution in [2.45, 2.75) is 19.5 Å². The third-order valence-electron chi connectivity index (χ3n) is 3.79. The van der Waals surface area contributed by atoms with E-state index in [0.717, 1.165) is 5.56 Å². The Balaban J connectivity index is 1.70. The summed E-state index contributed by atoms with van der Waals surface area (Å²) in [6, 6.07) is 10.5. The molecule has 3 aromatic rings. The summed E-state index contributed by atoms with van der Waals surface area (Å²) in [7, 11) is 1.58. The number of amides is 1. The number of ether oxygens (including phenoxy) is 2. The highest BCUT2D eigenvalue weighted by Crippen LogP contribution is 2.31. The summed E-state index contributed by atoms with van der Waals surface area (Å²) in [4.78, 5) is 20.4. The summed E-state index contributed by atoms with van der Waals surface area (Å²) in [5, 5.41) is 6.84. The third-order valence-corrected chi connectivity index (χ3v) is 3.79. The molecule has 0 spiro atoms. The zero-order chi connectivity index (χ0) is 18.4. The number of nitrogens with zero attached hydrogens (tertiary/aromatic N) is 4. The lowest BCUT2D eigenvalue weighted by Gasteiger charge is -2.14. The maximum Gasteiger partial charge on any atom is 0.244 e. The Hall–Kier alpha value is -3.42. The molecule has 1 N–H and O–H groups in total. The Labute approximate surface area is 150 Å². The lowest BCUT2D eigenvalue weighted by Crippen LogP contribution is -2.31. The lowest BCUT2D eigenvalue weighted by atomic mass is 10.2. The van der Waals surface area contributed by atoms with Crippen LogP contribution in [0.2, 0.25) is 0 Å². The molecule has 1 aromatic carbocycles. The van der Waals surface area contributed by atoms with Gasteiger partial charge in [0.25, 0.3) is 0 Å². The summed E-state index contributed by atoms with van der Waals surface area (Å²) >= 11 is 0. The second-order valence-electron chi connectivity index (χ2n) is 5.49. The first-order chi connectivity index (χ1) is 12.7. The van der Waals surface area contributed by atoms with Crippen LogP contribution in [-0.2, 0) is 11.3 Å². The van der Waals surface area contributed by atoms with Gasteiger partial charge in [0.2, 0.25) is 11.8 Å². The van der Waals surface area contributed by atoms with Gasteiger partial charge in [-0.15, -0.1) is 0 Å². The van der Waals surface area contributed by atoms with Crippen LogP contribution in [0.1, 0.15) is 18.5 Å². The van der Waals surface area contributed by atoms with E-state index in [1.807, 2.05) is 18.2 Å². The molecule has 0 fully saturated rings. The van der Waals surface area contributed by atoms with E-state index in [-0.39, 0.29) is 12.5 Å². The predicted octanol–water partition coefficient (Wildman–Crippen LogP) is 2.35. The fourth-order valence-electron chi connectivity index (χ4n) is 2.33. The van der Waals surface area contributed by atoms with Crippen LogP contribution in [0, 0.1) is 0 Å². The van der Waals surface area contributed by atoms with Crippen LogP contribution in [0.3, 0.4) is 0 Å². The quantitative estimate of drug-likeness (QED) is 0.701. The van der Waals surface area contributed by atoms with Crippen molar-refractivity contribution in [1.82, 2.24) is 25.1 Å². The SMILES string of the molecule is COc1ccccc1Oc1ncccc1CNC(=O)C(C)n1cncn1. The molecule has 0 saturated heterocycles. The smallest absolute Gasteiger partial charge is 0.244 e. The molecule has 0 bridgehead atoms. The van der Waals surface area contributed by atoms with Gasteiger partial charge in [-0.1, -0.05) is 18.2 Å². The van der Waals surface area contributed by atoms with Crippen LogP contribution in [0.15, 0.2) is 55.2 Å². The molecule has 134 valence electrons. The monoisotopic (exact) mass is 353 g/mol. The van der Waals surface area contributed by atoms with Crippen molar-refractivity contribution < 1.29 is 14.3 Å². The van der Waals surface area contributed by atoms with Crippen molar-refractivity contribution in [2.75, 3.05) is 7.11 Å². The average Bonchev–Trinajstić information content (AvgIpc) is 3.21. The van der Waals surface area contributed by atoms with Crippen molar-refractivity contribution in [3.8, 4) is 17.4 Å². The number of methoxy groups -OCH3 is 1. The van der Waals surface area contributed by atoms with Gasteiger partial charge < -0.3 is 14.8 Å². The van der Waals surface area contributed by atoms with Crippen LogP contribution < -0.4 is 14.8 Å². The molecule has 3 rings (SSSR count). The molecule has 8 nitrogen and oxygen atoms in total. The molecule has 1 unspecified atom stereocenters. The van der Waals surface area contributed by atoms with Gasteiger partial charge in [-0.2, -0.15) is 5.10 Å². The van der Waals surface area contributed by atoms with Crippen LogP contribution in [-0.4, -0.2) is 32.8 Å². The molecule has 26 heavy (non-hydrogen) atoms. The number of aromatic nitrogens is 4. The molecular formula is C18H19N5O3. The van der Waals surface area contributed by atoms with Gasteiger partial charge in [-0.3, -0.25) is 4.79 Å². The van der Waals surface area contributed by atoms with Crippen LogP contribution in [0.4, 0.5) is 0 Å². The standard InChI is InChI=1S/C18H19N5O3/c1-13(23-12-19-11-22-23)17(24)21-10-14-6-5-9-20-18(14)26-16-8-4-3-7-15(16)25-2/h3-9,11-13H,10H2,1-2H3,(H,21,24). The van der Waals surface area contributed by atoms with Crippen LogP contribution in [0.25, 0.3) is 0 Å². The van der Waals surface area contributed by atoms with E-state index in [1.165, 1.54) is 17.3 Å². The Morgan fingerprint density at radius 3 is 2.77 bits per heavy atom. The van der Waals surface area contributed by atoms with E-state index in [4.69, 9.17) is 9.47 Å². The summed E-state index contributed by atoms with van der Waals surface area (Å²) < 4.78 is 12.7. The van der Waals surface area contributed by atoms with Gasteiger partial charge in [0.1, 0.15) is 18.7 Å². The number of carbonyl (C=O) groups excluding carboxylic acids is 1. The molecule has 2 aromatic heterocycles. The van der Waals surface area contributed by atoms with E-state index in [2.05, 4.69) is 20.4 Å². The number of rotatable bonds is 7. The fourth-order valence-corrected chi connectivity index (χ4v) is 2.33. The van der Waals surface area contributed by atoms with Crippen molar-refractivity contribution in [1.29, 1.82) is 0 Å². The highest BCUT2D eigenvalue weighted by Gasteiger charge is 2.16. The molecule has 1 amide bonds. The van der Waals surface area contributed by atoms with E-state index in [1.54, 1.807) is 38.4 Å². The molecule has 8 heteroatoms. The minimum Gasteiger partial charge on any atom is -0.493 e. The zero-order valence-electron chi connectivity index (χ0n) is 14.5. The number of para-hydroxylation sites is 2. The number of hydrogen-bond acceptors (Lipinski definition) is 6. The Kier molecular flexibility index (Phi) is 5.43. The molecule has 0 radical (unpaired) electrons. The van der Waals surface area contributed by atoms with Crippen LogP contribution in [0.5, 0.6) is 17.4 Å². The van der Waals surface area contributed by atoms with Gasteiger partial charge in [0.05, 0.1) is 7.11 Å². The Morgan fingerprint density at radius 1 is 1.23 bits per heavy atom. The summed E-state index contributed by atoms with van der Waals surface area (Å²) in [5.74, 6) is 1.39. The predicted molar refractivity (Wildman–Crippen MR) is 93.9 cm³/mol. The minimum absolute atomic E-state index is 0.178. The first-order valence-corrected chi connectivity index (χ1v) is 8.05. The second kappa shape index (κ2) is 8.11. The van der Waals surface area contributed by atoms with Gasteiger partial charge in [-0.05, 0) is 25.1 Å². The molecule has 0 saturated carbocycles. The fraction of sp³-hybridized carbons (Fsp3) is 0.222. The van der Waals surface area contributed by atoms with Crippen molar-refractivity contribution >= 4 is 5.91 Å². The second-order valence-corrected chi connectivity index (χ2v) is 5.49. The maximum atomic E-state index is 12.3. The Bertz CT molecular complexity index is 867. The van der Waals surface area contributed by atoms with Gasteiger partial charge in [0.15, 0.2) is 11.5 Å². The molecule has 2 heterocycles. The largest absolute Gasteiger partial charge is 0.493 e. The lowest BCUT2D eigenvalue weighted by molar-refractivity contribution is -0.124. The number of pyridine rings is 1. The molecule has 0 aliphatic rings. The first kappa shape index (κ1) is 17.4. The average molecular weight is 353 g/mol. The minimum atomic E-state index is -0.465. The van der Waals surface area contributed by atoms with Crippen molar-refractivity contribution in [2.24, 2.45) is 0 Å². The van der Waals surface area contributed by atoms with E-state index in [9.17, 15) is 4.79 Å². The van der Waals surface area contributed by atoms with Gasteiger partial charge in [0, 0.05) is 18.3 Å². The zero-order valence-corrected chi connectivity index (χ0v) is 14.5. The van der Waals surface area contributed by atoms with Crippen molar-refractivity contribution in [3.05, 3.63) is 60.8 Å². The highest BCUT2D eigenvalue weighted by molar-refractivity contribution is 5.79. The number of hydrogen-bond donors (Lipinski definition) is 1. The molecular weight excluding hydrogens is 334 g/mol. The number of carbonyl (C=O) groups is 1. The maximum absolute atomic E-state index is 12.3. The van der Waals surface area contributed by atoms with E-state index in [0.29, 0.717) is 17.4 Å². The topological polar surface area (TPSA) is 91.2 Å². The van der Waals surface area contributed by atoms with Gasteiger partial charge in [-0.25, -0.2) is 14.6 Å².